The number of nitrogens with one attached hydrogen (secondary N) is 1. The molecule has 110 valence electrons. The number of ether oxygens (including phenoxy) is 1. The zero-order valence-electron chi connectivity index (χ0n) is 12.1. The first-order chi connectivity index (χ1) is 10.2. The molecule has 2 aliphatic rings. The van der Waals surface area contributed by atoms with Crippen LogP contribution in [0.25, 0.3) is 11.0 Å². The van der Waals surface area contributed by atoms with Crippen molar-refractivity contribution in [2.24, 2.45) is 5.92 Å². The molecule has 1 aliphatic carbocycles. The summed E-state index contributed by atoms with van der Waals surface area (Å²) in [5.41, 5.74) is 3.35. The summed E-state index contributed by atoms with van der Waals surface area (Å²) in [4.78, 5) is 16.5. The van der Waals surface area contributed by atoms with Crippen molar-refractivity contribution in [2.45, 2.75) is 32.4 Å². The van der Waals surface area contributed by atoms with E-state index >= 15 is 0 Å². The van der Waals surface area contributed by atoms with Crippen molar-refractivity contribution in [3.63, 3.8) is 0 Å². The minimum Gasteiger partial charge on any atom is -0.371 e. The highest BCUT2D eigenvalue weighted by atomic mass is 16.5. The summed E-state index contributed by atoms with van der Waals surface area (Å²) in [5.74, 6) is 1.38. The number of para-hydroxylation sites is 1. The Kier molecular flexibility index (Phi) is 2.96. The van der Waals surface area contributed by atoms with Gasteiger partial charge < -0.3 is 14.6 Å². The van der Waals surface area contributed by atoms with E-state index in [0.29, 0.717) is 19.8 Å². The molecule has 2 aromatic rings. The molecule has 0 spiro atoms. The Morgan fingerprint density at radius 1 is 1.48 bits per heavy atom. The van der Waals surface area contributed by atoms with E-state index in [1.54, 1.807) is 0 Å². The molecule has 1 aliphatic heterocycles. The molecule has 4 rings (SSSR count). The van der Waals surface area contributed by atoms with Gasteiger partial charge in [-0.3, -0.25) is 4.79 Å². The van der Waals surface area contributed by atoms with Crippen molar-refractivity contribution in [3.05, 3.63) is 29.6 Å². The van der Waals surface area contributed by atoms with E-state index in [1.807, 2.05) is 0 Å². The number of imidazole rings is 1. The van der Waals surface area contributed by atoms with Crippen molar-refractivity contribution in [1.82, 2.24) is 14.9 Å². The Morgan fingerprint density at radius 2 is 2.33 bits per heavy atom. The molecule has 1 atom stereocenters. The summed E-state index contributed by atoms with van der Waals surface area (Å²) in [6.45, 7) is 3.85. The lowest BCUT2D eigenvalue weighted by molar-refractivity contribution is -0.122. The summed E-state index contributed by atoms with van der Waals surface area (Å²) in [6, 6.07) is 6.36. The molecule has 21 heavy (non-hydrogen) atoms. The number of carbonyl (C=O) groups excluding carboxylic acids is 1. The standard InChI is InChI=1S/C16H19N3O2/c1-10-3-2-4-13-15(10)18-14-9-21-8-12(19(13)14)7-17-16(20)11-5-6-11/h2-4,11-12H,5-9H2,1H3,(H,17,20)/t12-/m0/s1. The lowest BCUT2D eigenvalue weighted by Crippen LogP contribution is -2.36. The molecule has 1 fully saturated rings. The molecule has 0 radical (unpaired) electrons. The number of rotatable bonds is 3. The fraction of sp³-hybridized carbons (Fsp3) is 0.500. The second kappa shape index (κ2) is 4.84. The Bertz CT molecular complexity index is 703. The normalized spacial score (nSPS) is 21.3. The van der Waals surface area contributed by atoms with Crippen LogP contribution < -0.4 is 5.32 Å². The fourth-order valence-electron chi connectivity index (χ4n) is 3.03. The third-order valence-electron chi connectivity index (χ3n) is 4.36. The third kappa shape index (κ3) is 2.21. The summed E-state index contributed by atoms with van der Waals surface area (Å²) in [6.07, 6.45) is 2.07. The number of aromatic nitrogens is 2. The zero-order valence-corrected chi connectivity index (χ0v) is 12.1. The van der Waals surface area contributed by atoms with Gasteiger partial charge in [0, 0.05) is 12.5 Å². The largest absolute Gasteiger partial charge is 0.371 e. The second-order valence-electron chi connectivity index (χ2n) is 6.03. The van der Waals surface area contributed by atoms with Gasteiger partial charge in [0.1, 0.15) is 12.4 Å². The summed E-state index contributed by atoms with van der Waals surface area (Å²) in [7, 11) is 0. The average molecular weight is 285 g/mol. The molecular formula is C16H19N3O2. The molecule has 5 heteroatoms. The number of amides is 1. The van der Waals surface area contributed by atoms with Crippen LogP contribution in [0.15, 0.2) is 18.2 Å². The first-order valence-electron chi connectivity index (χ1n) is 7.56. The molecule has 1 saturated carbocycles. The topological polar surface area (TPSA) is 56.2 Å². The Labute approximate surface area is 123 Å². The third-order valence-corrected chi connectivity index (χ3v) is 4.36. The second-order valence-corrected chi connectivity index (χ2v) is 6.03. The van der Waals surface area contributed by atoms with E-state index in [1.165, 1.54) is 5.56 Å². The SMILES string of the molecule is Cc1cccc2c1nc1n2[C@@H](CNC(=O)C2CC2)COC1. The van der Waals surface area contributed by atoms with E-state index < -0.39 is 0 Å². The Hall–Kier alpha value is -1.88. The van der Waals surface area contributed by atoms with Crippen molar-refractivity contribution in [2.75, 3.05) is 13.2 Å². The maximum atomic E-state index is 11.8. The zero-order chi connectivity index (χ0) is 14.4. The van der Waals surface area contributed by atoms with Crippen LogP contribution in [-0.4, -0.2) is 28.6 Å². The monoisotopic (exact) mass is 285 g/mol. The highest BCUT2D eigenvalue weighted by Crippen LogP contribution is 2.30. The number of aryl methyl sites for hydroxylation is 1. The predicted molar refractivity (Wildman–Crippen MR) is 78.9 cm³/mol. The van der Waals surface area contributed by atoms with Gasteiger partial charge in [-0.15, -0.1) is 0 Å². The molecule has 0 bridgehead atoms. The smallest absolute Gasteiger partial charge is 0.223 e. The van der Waals surface area contributed by atoms with Gasteiger partial charge in [-0.05, 0) is 31.4 Å². The van der Waals surface area contributed by atoms with Gasteiger partial charge in [0.25, 0.3) is 0 Å². The van der Waals surface area contributed by atoms with Crippen molar-refractivity contribution in [3.8, 4) is 0 Å². The van der Waals surface area contributed by atoms with Gasteiger partial charge in [-0.2, -0.15) is 0 Å². The molecule has 1 aromatic heterocycles. The maximum absolute atomic E-state index is 11.8. The van der Waals surface area contributed by atoms with Gasteiger partial charge in [0.2, 0.25) is 5.91 Å². The van der Waals surface area contributed by atoms with Crippen molar-refractivity contribution >= 4 is 16.9 Å². The summed E-state index contributed by atoms with van der Waals surface area (Å²) >= 11 is 0. The lowest BCUT2D eigenvalue weighted by atomic mass is 10.2. The van der Waals surface area contributed by atoms with E-state index in [-0.39, 0.29) is 17.9 Å². The first kappa shape index (κ1) is 12.8. The molecular weight excluding hydrogens is 266 g/mol. The molecule has 1 amide bonds. The molecule has 2 heterocycles. The quantitative estimate of drug-likeness (QED) is 0.937. The number of fused-ring (bicyclic) bond motifs is 3. The summed E-state index contributed by atoms with van der Waals surface area (Å²) < 4.78 is 7.89. The Morgan fingerprint density at radius 3 is 3.14 bits per heavy atom. The van der Waals surface area contributed by atoms with Crippen LogP contribution in [-0.2, 0) is 16.1 Å². The van der Waals surface area contributed by atoms with Crippen LogP contribution >= 0.6 is 0 Å². The summed E-state index contributed by atoms with van der Waals surface area (Å²) in [5, 5.41) is 3.06. The predicted octanol–water partition coefficient (Wildman–Crippen LogP) is 1.94. The lowest BCUT2D eigenvalue weighted by Gasteiger charge is -2.26. The van der Waals surface area contributed by atoms with Gasteiger partial charge in [-0.1, -0.05) is 12.1 Å². The van der Waals surface area contributed by atoms with Gasteiger partial charge in [0.15, 0.2) is 0 Å². The minimum atomic E-state index is 0.128. The Balaban J connectivity index is 1.64. The van der Waals surface area contributed by atoms with Crippen LogP contribution in [0.1, 0.15) is 30.3 Å². The van der Waals surface area contributed by atoms with E-state index in [4.69, 9.17) is 9.72 Å². The number of hydrogen-bond acceptors (Lipinski definition) is 3. The van der Waals surface area contributed by atoms with Crippen molar-refractivity contribution < 1.29 is 9.53 Å². The van der Waals surface area contributed by atoms with Crippen LogP contribution in [0, 0.1) is 12.8 Å². The van der Waals surface area contributed by atoms with E-state index in [9.17, 15) is 4.79 Å². The molecule has 0 unspecified atom stereocenters. The minimum absolute atomic E-state index is 0.128. The van der Waals surface area contributed by atoms with Crippen molar-refractivity contribution in [1.29, 1.82) is 0 Å². The van der Waals surface area contributed by atoms with Gasteiger partial charge >= 0.3 is 0 Å². The number of nitrogens with zero attached hydrogens (tertiary/aromatic N) is 2. The first-order valence-corrected chi connectivity index (χ1v) is 7.56. The van der Waals surface area contributed by atoms with E-state index in [0.717, 1.165) is 29.7 Å². The molecule has 1 N–H and O–H groups in total. The number of carbonyl (C=O) groups is 1. The maximum Gasteiger partial charge on any atom is 0.223 e. The average Bonchev–Trinajstić information content (AvgIpc) is 3.26. The number of hydrogen-bond donors (Lipinski definition) is 1. The van der Waals surface area contributed by atoms with Crippen LogP contribution in [0.2, 0.25) is 0 Å². The van der Waals surface area contributed by atoms with Crippen LogP contribution in [0.5, 0.6) is 0 Å². The molecule has 1 aromatic carbocycles. The highest BCUT2D eigenvalue weighted by molar-refractivity contribution is 5.81. The molecule has 0 saturated heterocycles. The molecule has 5 nitrogen and oxygen atoms in total. The van der Waals surface area contributed by atoms with Crippen LogP contribution in [0.4, 0.5) is 0 Å². The van der Waals surface area contributed by atoms with E-state index in [2.05, 4.69) is 35.0 Å². The van der Waals surface area contributed by atoms with Crippen LogP contribution in [0.3, 0.4) is 0 Å². The fourth-order valence-corrected chi connectivity index (χ4v) is 3.03. The van der Waals surface area contributed by atoms with Gasteiger partial charge in [-0.25, -0.2) is 4.98 Å². The van der Waals surface area contributed by atoms with Gasteiger partial charge in [0.05, 0.1) is 23.7 Å². The number of benzene rings is 1. The highest BCUT2D eigenvalue weighted by Gasteiger charge is 2.31.